The van der Waals surface area contributed by atoms with Crippen molar-refractivity contribution in [3.05, 3.63) is 34.8 Å². The summed E-state index contributed by atoms with van der Waals surface area (Å²) in [5.41, 5.74) is 2.36. The molecule has 0 fully saturated rings. The summed E-state index contributed by atoms with van der Waals surface area (Å²) in [6.07, 6.45) is 0. The lowest BCUT2D eigenvalue weighted by Crippen LogP contribution is -2.18. The van der Waals surface area contributed by atoms with Crippen molar-refractivity contribution in [1.29, 1.82) is 0 Å². The van der Waals surface area contributed by atoms with Crippen LogP contribution in [0.25, 0.3) is 10.6 Å². The third-order valence-electron chi connectivity index (χ3n) is 3.26. The summed E-state index contributed by atoms with van der Waals surface area (Å²) in [6.45, 7) is 10.6. The van der Waals surface area contributed by atoms with Gasteiger partial charge in [-0.15, -0.1) is 11.3 Å². The molecule has 0 radical (unpaired) electrons. The van der Waals surface area contributed by atoms with Crippen molar-refractivity contribution in [2.75, 3.05) is 13.7 Å². The second kappa shape index (κ2) is 6.58. The van der Waals surface area contributed by atoms with Crippen LogP contribution in [0.2, 0.25) is 0 Å². The number of thiazole rings is 1. The molecule has 2 aromatic rings. The van der Waals surface area contributed by atoms with Gasteiger partial charge >= 0.3 is 0 Å². The van der Waals surface area contributed by atoms with E-state index in [1.165, 1.54) is 10.6 Å². The van der Waals surface area contributed by atoms with Crippen molar-refractivity contribution in [3.8, 4) is 16.3 Å². The molecule has 0 amide bonds. The first-order valence-electron chi connectivity index (χ1n) is 7.31. The normalized spacial score (nSPS) is 11.7. The molecular formula is C17H24N2OS. The van der Waals surface area contributed by atoms with E-state index >= 15 is 0 Å². The van der Waals surface area contributed by atoms with Gasteiger partial charge in [0.05, 0.1) is 12.8 Å². The standard InChI is InChI=1S/C17H24N2OS/c1-6-18-11-14-15(17(2,3)4)19-16(21-14)12-8-7-9-13(10-12)20-5/h7-10,18H,6,11H2,1-5H3. The van der Waals surface area contributed by atoms with E-state index in [9.17, 15) is 0 Å². The Kier molecular flexibility index (Phi) is 5.01. The predicted molar refractivity (Wildman–Crippen MR) is 90.2 cm³/mol. The molecule has 0 atom stereocenters. The number of methoxy groups -OCH3 is 1. The van der Waals surface area contributed by atoms with E-state index < -0.39 is 0 Å². The Bertz CT molecular complexity index is 599. The van der Waals surface area contributed by atoms with Crippen LogP contribution in [-0.2, 0) is 12.0 Å². The largest absolute Gasteiger partial charge is 0.497 e. The Morgan fingerprint density at radius 3 is 2.67 bits per heavy atom. The van der Waals surface area contributed by atoms with E-state index in [0.717, 1.165) is 29.4 Å². The summed E-state index contributed by atoms with van der Waals surface area (Å²) in [6, 6.07) is 8.10. The number of aromatic nitrogens is 1. The molecule has 0 saturated carbocycles. The second-order valence-electron chi connectivity index (χ2n) is 6.05. The minimum absolute atomic E-state index is 0.0539. The third-order valence-corrected chi connectivity index (χ3v) is 4.36. The fraction of sp³-hybridized carbons (Fsp3) is 0.471. The first-order chi connectivity index (χ1) is 9.95. The average molecular weight is 304 g/mol. The molecule has 0 aliphatic rings. The number of nitrogens with zero attached hydrogens (tertiary/aromatic N) is 1. The quantitative estimate of drug-likeness (QED) is 0.898. The molecule has 2 rings (SSSR count). The SMILES string of the molecule is CCNCc1sc(-c2cccc(OC)c2)nc1C(C)(C)C. The molecule has 4 heteroatoms. The van der Waals surface area contributed by atoms with Crippen LogP contribution in [-0.4, -0.2) is 18.6 Å². The molecule has 1 N–H and O–H groups in total. The number of rotatable bonds is 5. The van der Waals surface area contributed by atoms with Gasteiger partial charge in [0.15, 0.2) is 0 Å². The van der Waals surface area contributed by atoms with E-state index in [2.05, 4.69) is 39.1 Å². The number of nitrogens with one attached hydrogen (secondary N) is 1. The highest BCUT2D eigenvalue weighted by molar-refractivity contribution is 7.15. The summed E-state index contributed by atoms with van der Waals surface area (Å²) < 4.78 is 5.31. The Balaban J connectivity index is 2.42. The summed E-state index contributed by atoms with van der Waals surface area (Å²) in [5, 5.41) is 4.47. The highest BCUT2D eigenvalue weighted by Crippen LogP contribution is 2.35. The van der Waals surface area contributed by atoms with Crippen LogP contribution in [0.15, 0.2) is 24.3 Å². The van der Waals surface area contributed by atoms with Crippen LogP contribution < -0.4 is 10.1 Å². The Morgan fingerprint density at radius 2 is 2.05 bits per heavy atom. The average Bonchev–Trinajstić information content (AvgIpc) is 2.89. The van der Waals surface area contributed by atoms with Crippen molar-refractivity contribution in [2.24, 2.45) is 0 Å². The molecule has 0 aliphatic carbocycles. The molecule has 0 spiro atoms. The van der Waals surface area contributed by atoms with Gasteiger partial charge in [0.1, 0.15) is 10.8 Å². The maximum absolute atomic E-state index is 5.31. The van der Waals surface area contributed by atoms with Crippen LogP contribution in [0.3, 0.4) is 0 Å². The molecule has 1 heterocycles. The molecule has 21 heavy (non-hydrogen) atoms. The Morgan fingerprint density at radius 1 is 1.29 bits per heavy atom. The Hall–Kier alpha value is -1.39. The zero-order valence-electron chi connectivity index (χ0n) is 13.5. The van der Waals surface area contributed by atoms with Crippen molar-refractivity contribution in [3.63, 3.8) is 0 Å². The van der Waals surface area contributed by atoms with E-state index in [1.807, 2.05) is 18.2 Å². The van der Waals surface area contributed by atoms with Gasteiger partial charge in [0.2, 0.25) is 0 Å². The van der Waals surface area contributed by atoms with Gasteiger partial charge < -0.3 is 10.1 Å². The van der Waals surface area contributed by atoms with Crippen molar-refractivity contribution >= 4 is 11.3 Å². The van der Waals surface area contributed by atoms with Gasteiger partial charge in [-0.25, -0.2) is 4.98 Å². The van der Waals surface area contributed by atoms with Crippen molar-refractivity contribution in [2.45, 2.75) is 39.7 Å². The maximum atomic E-state index is 5.31. The molecule has 0 unspecified atom stereocenters. The minimum atomic E-state index is 0.0539. The molecule has 0 aliphatic heterocycles. The van der Waals surface area contributed by atoms with Gasteiger partial charge in [0.25, 0.3) is 0 Å². The van der Waals surface area contributed by atoms with Crippen molar-refractivity contribution in [1.82, 2.24) is 10.3 Å². The highest BCUT2D eigenvalue weighted by atomic mass is 32.1. The fourth-order valence-corrected chi connectivity index (χ4v) is 3.41. The van der Waals surface area contributed by atoms with Gasteiger partial charge in [0, 0.05) is 22.4 Å². The van der Waals surface area contributed by atoms with Crippen molar-refractivity contribution < 1.29 is 4.74 Å². The summed E-state index contributed by atoms with van der Waals surface area (Å²) in [7, 11) is 1.69. The molecular weight excluding hydrogens is 280 g/mol. The summed E-state index contributed by atoms with van der Waals surface area (Å²) >= 11 is 1.77. The number of ether oxygens (including phenoxy) is 1. The van der Waals surface area contributed by atoms with E-state index in [0.29, 0.717) is 0 Å². The first kappa shape index (κ1) is 16.0. The topological polar surface area (TPSA) is 34.1 Å². The van der Waals surface area contributed by atoms with Gasteiger partial charge in [-0.3, -0.25) is 0 Å². The van der Waals surface area contributed by atoms with Gasteiger partial charge in [-0.2, -0.15) is 0 Å². The number of benzene rings is 1. The smallest absolute Gasteiger partial charge is 0.124 e. The monoisotopic (exact) mass is 304 g/mol. The summed E-state index contributed by atoms with van der Waals surface area (Å²) in [4.78, 5) is 6.22. The molecule has 3 nitrogen and oxygen atoms in total. The highest BCUT2D eigenvalue weighted by Gasteiger charge is 2.23. The lowest BCUT2D eigenvalue weighted by Gasteiger charge is -2.17. The molecule has 114 valence electrons. The number of hydrogen-bond acceptors (Lipinski definition) is 4. The Labute approximate surface area is 131 Å². The minimum Gasteiger partial charge on any atom is -0.497 e. The van der Waals surface area contributed by atoms with Crippen LogP contribution >= 0.6 is 11.3 Å². The number of hydrogen-bond donors (Lipinski definition) is 1. The molecule has 1 aromatic carbocycles. The summed E-state index contributed by atoms with van der Waals surface area (Å²) in [5.74, 6) is 0.869. The van der Waals surface area contributed by atoms with E-state index in [-0.39, 0.29) is 5.41 Å². The maximum Gasteiger partial charge on any atom is 0.124 e. The lowest BCUT2D eigenvalue weighted by molar-refractivity contribution is 0.415. The first-order valence-corrected chi connectivity index (χ1v) is 8.12. The predicted octanol–water partition coefficient (Wildman–Crippen LogP) is 4.23. The molecule has 0 bridgehead atoms. The second-order valence-corrected chi connectivity index (χ2v) is 7.14. The lowest BCUT2D eigenvalue weighted by atomic mass is 9.91. The van der Waals surface area contributed by atoms with Gasteiger partial charge in [-0.1, -0.05) is 39.8 Å². The van der Waals surface area contributed by atoms with Gasteiger partial charge in [-0.05, 0) is 18.7 Å². The molecule has 0 saturated heterocycles. The fourth-order valence-electron chi connectivity index (χ4n) is 2.18. The zero-order chi connectivity index (χ0) is 15.5. The molecule has 1 aromatic heterocycles. The zero-order valence-corrected chi connectivity index (χ0v) is 14.3. The van der Waals surface area contributed by atoms with E-state index in [4.69, 9.17) is 9.72 Å². The van der Waals surface area contributed by atoms with E-state index in [1.54, 1.807) is 18.4 Å². The van der Waals surface area contributed by atoms with Crippen LogP contribution in [0.1, 0.15) is 38.3 Å². The van der Waals surface area contributed by atoms with Crippen LogP contribution in [0.4, 0.5) is 0 Å². The van der Waals surface area contributed by atoms with Crippen LogP contribution in [0.5, 0.6) is 5.75 Å². The third kappa shape index (κ3) is 3.83. The van der Waals surface area contributed by atoms with Crippen LogP contribution in [0, 0.1) is 0 Å².